The molecule has 0 aliphatic heterocycles. The number of benzene rings is 1. The Labute approximate surface area is 121 Å². The predicted molar refractivity (Wildman–Crippen MR) is 82.0 cm³/mol. The van der Waals surface area contributed by atoms with Gasteiger partial charge in [0.25, 0.3) is 0 Å². The molecule has 0 saturated carbocycles. The number of hydrogen-bond donors (Lipinski definition) is 2. The van der Waals surface area contributed by atoms with E-state index < -0.39 is 0 Å². The lowest BCUT2D eigenvalue weighted by Crippen LogP contribution is -2.09. The lowest BCUT2D eigenvalue weighted by molar-refractivity contribution is 0.849. The first-order valence-corrected chi connectivity index (χ1v) is 6.96. The molecule has 1 aromatic heterocycles. The predicted octanol–water partition coefficient (Wildman–Crippen LogP) is 3.56. The molecule has 2 rings (SSSR count). The van der Waals surface area contributed by atoms with Gasteiger partial charge in [0, 0.05) is 16.6 Å². The van der Waals surface area contributed by atoms with E-state index >= 15 is 0 Å². The van der Waals surface area contributed by atoms with Gasteiger partial charge < -0.3 is 11.1 Å². The van der Waals surface area contributed by atoms with Gasteiger partial charge in [-0.2, -0.15) is 0 Å². The van der Waals surface area contributed by atoms with E-state index in [1.54, 1.807) is 0 Å². The van der Waals surface area contributed by atoms with Gasteiger partial charge in [0.2, 0.25) is 0 Å². The van der Waals surface area contributed by atoms with Crippen LogP contribution < -0.4 is 11.1 Å². The summed E-state index contributed by atoms with van der Waals surface area (Å²) in [4.78, 5) is 8.33. The van der Waals surface area contributed by atoms with Gasteiger partial charge in [-0.15, -0.1) is 0 Å². The Kier molecular flexibility index (Phi) is 4.37. The molecule has 0 aliphatic rings. The van der Waals surface area contributed by atoms with E-state index in [-0.39, 0.29) is 5.92 Å². The Balaban J connectivity index is 2.15. The fraction of sp³-hybridized carbons (Fsp3) is 0.286. The van der Waals surface area contributed by atoms with Crippen LogP contribution in [0.5, 0.6) is 0 Å². The number of hydrogen-bond acceptors (Lipinski definition) is 4. The Morgan fingerprint density at radius 2 is 1.89 bits per heavy atom. The second kappa shape index (κ2) is 6.02. The Bertz CT molecular complexity index is 552. The van der Waals surface area contributed by atoms with Crippen LogP contribution in [-0.4, -0.2) is 9.97 Å². The van der Waals surface area contributed by atoms with Crippen molar-refractivity contribution in [1.82, 2.24) is 9.97 Å². The van der Waals surface area contributed by atoms with Crippen LogP contribution in [-0.2, 0) is 6.54 Å². The van der Waals surface area contributed by atoms with Crippen molar-refractivity contribution in [3.8, 4) is 0 Å². The number of halogens is 1. The normalized spacial score (nSPS) is 10.7. The van der Waals surface area contributed by atoms with Crippen LogP contribution in [0.4, 0.5) is 11.6 Å². The van der Waals surface area contributed by atoms with Gasteiger partial charge >= 0.3 is 0 Å². The summed E-state index contributed by atoms with van der Waals surface area (Å²) in [7, 11) is 0. The molecule has 19 heavy (non-hydrogen) atoms. The monoisotopic (exact) mass is 320 g/mol. The van der Waals surface area contributed by atoms with Crippen LogP contribution >= 0.6 is 15.9 Å². The summed E-state index contributed by atoms with van der Waals surface area (Å²) >= 11 is 3.42. The van der Waals surface area contributed by atoms with E-state index in [1.807, 2.05) is 12.1 Å². The molecule has 1 aromatic carbocycles. The number of nitrogens with two attached hydrogens (primary N) is 1. The lowest BCUT2D eigenvalue weighted by atomic mass is 10.0. The molecule has 0 aliphatic carbocycles. The van der Waals surface area contributed by atoms with Gasteiger partial charge in [-0.1, -0.05) is 41.9 Å². The van der Waals surface area contributed by atoms with Crippen molar-refractivity contribution in [2.75, 3.05) is 11.1 Å². The van der Waals surface area contributed by atoms with E-state index in [4.69, 9.17) is 5.73 Å². The summed E-state index contributed by atoms with van der Waals surface area (Å²) in [5.74, 6) is 1.64. The molecule has 0 bridgehead atoms. The number of aromatic nitrogens is 2. The first kappa shape index (κ1) is 13.8. The first-order valence-electron chi connectivity index (χ1n) is 6.16. The molecule has 0 atom stereocenters. The maximum absolute atomic E-state index is 5.91. The quantitative estimate of drug-likeness (QED) is 0.904. The van der Waals surface area contributed by atoms with Gasteiger partial charge in [0.1, 0.15) is 18.0 Å². The summed E-state index contributed by atoms with van der Waals surface area (Å²) in [6.45, 7) is 4.88. The molecule has 4 nitrogen and oxygen atoms in total. The van der Waals surface area contributed by atoms with E-state index in [0.717, 1.165) is 15.9 Å². The fourth-order valence-electron chi connectivity index (χ4n) is 1.91. The van der Waals surface area contributed by atoms with Crippen LogP contribution in [0, 0.1) is 0 Å². The van der Waals surface area contributed by atoms with E-state index in [0.29, 0.717) is 12.4 Å². The molecule has 0 amide bonds. The maximum Gasteiger partial charge on any atom is 0.135 e. The third-order valence-electron chi connectivity index (χ3n) is 2.87. The van der Waals surface area contributed by atoms with Gasteiger partial charge in [-0.25, -0.2) is 9.97 Å². The minimum atomic E-state index is 0.286. The lowest BCUT2D eigenvalue weighted by Gasteiger charge is -2.14. The van der Waals surface area contributed by atoms with Crippen molar-refractivity contribution >= 4 is 27.6 Å². The highest BCUT2D eigenvalue weighted by Crippen LogP contribution is 2.26. The summed E-state index contributed by atoms with van der Waals surface area (Å²) in [5, 5.41) is 3.32. The van der Waals surface area contributed by atoms with Crippen molar-refractivity contribution < 1.29 is 0 Å². The molecule has 0 spiro atoms. The fourth-order valence-corrected chi connectivity index (χ4v) is 2.17. The number of anilines is 2. The van der Waals surface area contributed by atoms with Gasteiger partial charge in [0.15, 0.2) is 0 Å². The SMILES string of the molecule is CC(C)c1c(N)ncnc1NCc1ccc(Br)cc1. The maximum atomic E-state index is 5.91. The second-order valence-electron chi connectivity index (χ2n) is 4.66. The zero-order chi connectivity index (χ0) is 13.8. The van der Waals surface area contributed by atoms with Gasteiger partial charge in [-0.3, -0.25) is 0 Å². The molecule has 0 saturated heterocycles. The third kappa shape index (κ3) is 3.44. The van der Waals surface area contributed by atoms with Gasteiger partial charge in [-0.05, 0) is 23.6 Å². The van der Waals surface area contributed by atoms with Crippen molar-refractivity contribution in [3.05, 3.63) is 46.2 Å². The van der Waals surface area contributed by atoms with E-state index in [1.165, 1.54) is 11.9 Å². The van der Waals surface area contributed by atoms with Crippen LogP contribution in [0.3, 0.4) is 0 Å². The average molecular weight is 321 g/mol. The van der Waals surface area contributed by atoms with Crippen LogP contribution in [0.25, 0.3) is 0 Å². The molecule has 5 heteroatoms. The van der Waals surface area contributed by atoms with Crippen LogP contribution in [0.2, 0.25) is 0 Å². The Hall–Kier alpha value is -1.62. The molecule has 3 N–H and O–H groups in total. The van der Waals surface area contributed by atoms with E-state index in [2.05, 4.69) is 57.2 Å². The first-order chi connectivity index (χ1) is 9.08. The molecular weight excluding hydrogens is 304 g/mol. The standard InChI is InChI=1S/C14H17BrN4/c1-9(2)12-13(16)18-8-19-14(12)17-7-10-3-5-11(15)6-4-10/h3-6,8-9H,7H2,1-2H3,(H3,16,17,18,19). The minimum absolute atomic E-state index is 0.286. The van der Waals surface area contributed by atoms with E-state index in [9.17, 15) is 0 Å². The number of rotatable bonds is 4. The Morgan fingerprint density at radius 3 is 2.53 bits per heavy atom. The summed E-state index contributed by atoms with van der Waals surface area (Å²) < 4.78 is 1.07. The second-order valence-corrected chi connectivity index (χ2v) is 5.57. The summed E-state index contributed by atoms with van der Waals surface area (Å²) in [6.07, 6.45) is 1.49. The highest BCUT2D eigenvalue weighted by molar-refractivity contribution is 9.10. The third-order valence-corrected chi connectivity index (χ3v) is 3.39. The molecule has 0 unspecified atom stereocenters. The number of nitrogens with zero attached hydrogens (tertiary/aromatic N) is 2. The van der Waals surface area contributed by atoms with Crippen molar-refractivity contribution in [2.24, 2.45) is 0 Å². The molecule has 2 aromatic rings. The molecule has 100 valence electrons. The zero-order valence-corrected chi connectivity index (χ0v) is 12.6. The molecule has 0 fully saturated rings. The zero-order valence-electron chi connectivity index (χ0n) is 11.0. The Morgan fingerprint density at radius 1 is 1.21 bits per heavy atom. The highest BCUT2D eigenvalue weighted by Gasteiger charge is 2.12. The van der Waals surface area contributed by atoms with Gasteiger partial charge in [0.05, 0.1) is 0 Å². The largest absolute Gasteiger partial charge is 0.383 e. The molecule has 0 radical (unpaired) electrons. The van der Waals surface area contributed by atoms with Crippen LogP contribution in [0.15, 0.2) is 35.1 Å². The average Bonchev–Trinajstić information content (AvgIpc) is 2.37. The summed E-state index contributed by atoms with van der Waals surface area (Å²) in [5.41, 5.74) is 8.08. The van der Waals surface area contributed by atoms with Crippen LogP contribution in [0.1, 0.15) is 30.9 Å². The highest BCUT2D eigenvalue weighted by atomic mass is 79.9. The van der Waals surface area contributed by atoms with Crippen molar-refractivity contribution in [2.45, 2.75) is 26.3 Å². The van der Waals surface area contributed by atoms with Crippen molar-refractivity contribution in [1.29, 1.82) is 0 Å². The van der Waals surface area contributed by atoms with Crippen molar-refractivity contribution in [3.63, 3.8) is 0 Å². The topological polar surface area (TPSA) is 63.8 Å². The number of nitrogen functional groups attached to an aromatic ring is 1. The molecule has 1 heterocycles. The number of nitrogens with one attached hydrogen (secondary N) is 1. The summed E-state index contributed by atoms with van der Waals surface area (Å²) in [6, 6.07) is 8.18. The smallest absolute Gasteiger partial charge is 0.135 e. The molecular formula is C14H17BrN4. The minimum Gasteiger partial charge on any atom is -0.383 e.